The topological polar surface area (TPSA) is 81.8 Å². The fourth-order valence-corrected chi connectivity index (χ4v) is 5.04. The van der Waals surface area contributed by atoms with Gasteiger partial charge in [-0.1, -0.05) is 0 Å². The van der Waals surface area contributed by atoms with Crippen LogP contribution in [0.1, 0.15) is 57.6 Å². The molecule has 5 rings (SSSR count). The summed E-state index contributed by atoms with van der Waals surface area (Å²) in [6.45, 7) is 1.50. The Labute approximate surface area is 154 Å². The van der Waals surface area contributed by atoms with E-state index in [4.69, 9.17) is 0 Å². The zero-order valence-electron chi connectivity index (χ0n) is 14.3. The minimum Gasteiger partial charge on any atom is -0.338 e. The van der Waals surface area contributed by atoms with E-state index in [1.54, 1.807) is 17.5 Å². The van der Waals surface area contributed by atoms with Crippen LogP contribution < -0.4 is 5.69 Å². The molecule has 0 aromatic carbocycles. The van der Waals surface area contributed by atoms with Crippen LogP contribution >= 0.6 is 11.3 Å². The van der Waals surface area contributed by atoms with Crippen LogP contribution in [0.25, 0.3) is 11.2 Å². The summed E-state index contributed by atoms with van der Waals surface area (Å²) in [7, 11) is 0. The van der Waals surface area contributed by atoms with E-state index >= 15 is 0 Å². The number of fused-ring (bicyclic) bond motifs is 1. The number of piperidine rings is 1. The SMILES string of the molecule is O=C(c1ccc(C2CC2)s1)N1CCC(c2ccnc3[nH]c(=O)[nH]c23)CC1. The monoisotopic (exact) mass is 368 g/mol. The van der Waals surface area contributed by atoms with Crippen molar-refractivity contribution in [3.8, 4) is 0 Å². The minimum atomic E-state index is -0.225. The predicted octanol–water partition coefficient (Wildman–Crippen LogP) is 3.21. The fourth-order valence-electron chi connectivity index (χ4n) is 3.90. The molecule has 7 heteroatoms. The predicted molar refractivity (Wildman–Crippen MR) is 101 cm³/mol. The second-order valence-corrected chi connectivity index (χ2v) is 8.36. The van der Waals surface area contributed by atoms with Crippen LogP contribution in [0.15, 0.2) is 29.2 Å². The highest BCUT2D eigenvalue weighted by atomic mass is 32.1. The van der Waals surface area contributed by atoms with E-state index in [0.717, 1.165) is 41.9 Å². The summed E-state index contributed by atoms with van der Waals surface area (Å²) >= 11 is 1.66. The molecule has 1 amide bonds. The van der Waals surface area contributed by atoms with E-state index < -0.39 is 0 Å². The fraction of sp³-hybridized carbons (Fsp3) is 0.421. The zero-order valence-corrected chi connectivity index (χ0v) is 15.1. The average molecular weight is 368 g/mol. The van der Waals surface area contributed by atoms with Crippen LogP contribution in [0.5, 0.6) is 0 Å². The van der Waals surface area contributed by atoms with Crippen LogP contribution in [0, 0.1) is 0 Å². The summed E-state index contributed by atoms with van der Waals surface area (Å²) in [5.41, 5.74) is 2.30. The third-order valence-electron chi connectivity index (χ3n) is 5.49. The summed E-state index contributed by atoms with van der Waals surface area (Å²) in [5, 5.41) is 0. The van der Waals surface area contributed by atoms with Gasteiger partial charge in [0.25, 0.3) is 5.91 Å². The number of thiophene rings is 1. The van der Waals surface area contributed by atoms with Crippen molar-refractivity contribution in [2.75, 3.05) is 13.1 Å². The maximum atomic E-state index is 12.8. The Morgan fingerprint density at radius 2 is 1.88 bits per heavy atom. The lowest BCUT2D eigenvalue weighted by Gasteiger charge is -2.32. The smallest absolute Gasteiger partial charge is 0.325 e. The number of amides is 1. The average Bonchev–Trinajstić information content (AvgIpc) is 3.26. The van der Waals surface area contributed by atoms with Crippen LogP contribution in [0.2, 0.25) is 0 Å². The second-order valence-electron chi connectivity index (χ2n) is 7.25. The van der Waals surface area contributed by atoms with Gasteiger partial charge in [0.05, 0.1) is 10.4 Å². The van der Waals surface area contributed by atoms with Crippen molar-refractivity contribution >= 4 is 28.4 Å². The van der Waals surface area contributed by atoms with Gasteiger partial charge in [-0.25, -0.2) is 9.78 Å². The summed E-state index contributed by atoms with van der Waals surface area (Å²) in [5.74, 6) is 1.20. The van der Waals surface area contributed by atoms with Gasteiger partial charge in [0.15, 0.2) is 5.65 Å². The molecule has 134 valence electrons. The molecule has 0 unspecified atom stereocenters. The van der Waals surface area contributed by atoms with Crippen LogP contribution in [0.3, 0.4) is 0 Å². The number of likely N-dealkylation sites (tertiary alicyclic amines) is 1. The number of carbonyl (C=O) groups is 1. The molecule has 2 N–H and O–H groups in total. The number of aromatic amines is 2. The number of carbonyl (C=O) groups excluding carboxylic acids is 1. The molecular weight excluding hydrogens is 348 g/mol. The molecule has 1 aliphatic carbocycles. The lowest BCUT2D eigenvalue weighted by molar-refractivity contribution is 0.0718. The third kappa shape index (κ3) is 2.76. The van der Waals surface area contributed by atoms with E-state index in [9.17, 15) is 9.59 Å². The quantitative estimate of drug-likeness (QED) is 0.745. The summed E-state index contributed by atoms with van der Waals surface area (Å²) in [6, 6.07) is 6.09. The van der Waals surface area contributed by atoms with Crippen molar-refractivity contribution in [1.29, 1.82) is 0 Å². The van der Waals surface area contributed by atoms with Gasteiger partial charge in [0, 0.05) is 24.2 Å². The largest absolute Gasteiger partial charge is 0.338 e. The molecule has 2 aliphatic rings. The first-order valence-electron chi connectivity index (χ1n) is 9.15. The Morgan fingerprint density at radius 1 is 1.08 bits per heavy atom. The number of hydrogen-bond donors (Lipinski definition) is 2. The standard InChI is InChI=1S/C19H20N4O2S/c24-18(15-4-3-14(26-15)12-1-2-12)23-9-6-11(7-10-23)13-5-8-20-17-16(13)21-19(25)22-17/h3-5,8,11-12H,1-2,6-7,9-10H2,(H2,20,21,22,25). The molecule has 3 aromatic heterocycles. The molecule has 4 heterocycles. The lowest BCUT2D eigenvalue weighted by atomic mass is 9.89. The normalized spacial score (nSPS) is 18.5. The van der Waals surface area contributed by atoms with Gasteiger partial charge in [-0.15, -0.1) is 11.3 Å². The minimum absolute atomic E-state index is 0.162. The Bertz CT molecular complexity index is 1020. The Morgan fingerprint density at radius 3 is 2.65 bits per heavy atom. The van der Waals surface area contributed by atoms with Crippen LogP contribution in [-0.2, 0) is 0 Å². The van der Waals surface area contributed by atoms with Gasteiger partial charge < -0.3 is 9.88 Å². The summed E-state index contributed by atoms with van der Waals surface area (Å²) < 4.78 is 0. The van der Waals surface area contributed by atoms with Gasteiger partial charge >= 0.3 is 5.69 Å². The molecule has 2 fully saturated rings. The number of pyridine rings is 1. The van der Waals surface area contributed by atoms with Crippen LogP contribution in [0.4, 0.5) is 0 Å². The second kappa shape index (κ2) is 6.09. The molecule has 6 nitrogen and oxygen atoms in total. The number of rotatable bonds is 3. The maximum absolute atomic E-state index is 12.8. The Balaban J connectivity index is 1.30. The highest BCUT2D eigenvalue weighted by Gasteiger charge is 2.29. The Kier molecular flexibility index (Phi) is 3.70. The molecule has 0 bridgehead atoms. The van der Waals surface area contributed by atoms with Crippen molar-refractivity contribution in [1.82, 2.24) is 19.9 Å². The van der Waals surface area contributed by atoms with Crippen molar-refractivity contribution in [2.24, 2.45) is 0 Å². The number of nitrogens with zero attached hydrogens (tertiary/aromatic N) is 2. The zero-order chi connectivity index (χ0) is 17.7. The molecule has 3 aromatic rings. The highest BCUT2D eigenvalue weighted by molar-refractivity contribution is 7.14. The molecule has 1 saturated heterocycles. The molecule has 1 saturated carbocycles. The van der Waals surface area contributed by atoms with Gasteiger partial charge in [-0.05, 0) is 61.3 Å². The van der Waals surface area contributed by atoms with Gasteiger partial charge in [-0.3, -0.25) is 9.78 Å². The van der Waals surface area contributed by atoms with Crippen molar-refractivity contribution in [2.45, 2.75) is 37.5 Å². The van der Waals surface area contributed by atoms with E-state index in [2.05, 4.69) is 21.0 Å². The first-order chi connectivity index (χ1) is 12.7. The van der Waals surface area contributed by atoms with E-state index in [1.807, 2.05) is 17.0 Å². The Hall–Kier alpha value is -2.41. The van der Waals surface area contributed by atoms with Gasteiger partial charge in [0.2, 0.25) is 0 Å². The first kappa shape index (κ1) is 15.8. The third-order valence-corrected chi connectivity index (χ3v) is 6.73. The first-order valence-corrected chi connectivity index (χ1v) is 9.96. The summed E-state index contributed by atoms with van der Waals surface area (Å²) in [4.78, 5) is 38.3. The van der Waals surface area contributed by atoms with Gasteiger partial charge in [-0.2, -0.15) is 0 Å². The van der Waals surface area contributed by atoms with Crippen LogP contribution in [-0.4, -0.2) is 38.8 Å². The van der Waals surface area contributed by atoms with Crippen molar-refractivity contribution in [3.05, 3.63) is 50.2 Å². The summed E-state index contributed by atoms with van der Waals surface area (Å²) in [6.07, 6.45) is 6.07. The number of hydrogen-bond acceptors (Lipinski definition) is 4. The van der Waals surface area contributed by atoms with Crippen molar-refractivity contribution < 1.29 is 4.79 Å². The number of aromatic nitrogens is 3. The maximum Gasteiger partial charge on any atom is 0.325 e. The molecule has 26 heavy (non-hydrogen) atoms. The number of H-pyrrole nitrogens is 2. The van der Waals surface area contributed by atoms with E-state index in [-0.39, 0.29) is 11.6 Å². The molecule has 0 spiro atoms. The van der Waals surface area contributed by atoms with Gasteiger partial charge in [0.1, 0.15) is 0 Å². The van der Waals surface area contributed by atoms with E-state index in [0.29, 0.717) is 17.5 Å². The van der Waals surface area contributed by atoms with Crippen molar-refractivity contribution in [3.63, 3.8) is 0 Å². The number of nitrogens with one attached hydrogen (secondary N) is 2. The highest BCUT2D eigenvalue weighted by Crippen LogP contribution is 2.43. The molecule has 0 atom stereocenters. The van der Waals surface area contributed by atoms with E-state index in [1.165, 1.54) is 17.7 Å². The molecular formula is C19H20N4O2S. The molecule has 0 radical (unpaired) electrons. The number of imidazole rings is 1. The lowest BCUT2D eigenvalue weighted by Crippen LogP contribution is -2.37. The molecule has 1 aliphatic heterocycles.